The summed E-state index contributed by atoms with van der Waals surface area (Å²) in [5, 5.41) is 4.09. The minimum Gasteiger partial charge on any atom is -0.306 e. The normalized spacial score (nSPS) is 11.2. The zero-order valence-corrected chi connectivity index (χ0v) is 12.1. The van der Waals surface area contributed by atoms with Gasteiger partial charge in [-0.15, -0.1) is 0 Å². The van der Waals surface area contributed by atoms with Gasteiger partial charge in [0.2, 0.25) is 0 Å². The first kappa shape index (κ1) is 13.1. The lowest BCUT2D eigenvalue weighted by molar-refractivity contribution is 0.630. The molecule has 0 radical (unpaired) electrons. The van der Waals surface area contributed by atoms with Gasteiger partial charge in [-0.3, -0.25) is 4.79 Å². The standard InChI is InChI=1S/C13H10Cl2N4O/c1-8-2-3-11-17-9(6-18(11)5-8)7-19-13(20)12(15)10(14)4-16-19/h2-6H,7H2,1H3. The molecule has 0 N–H and O–H groups in total. The Morgan fingerprint density at radius 1 is 1.25 bits per heavy atom. The average molecular weight is 309 g/mol. The van der Waals surface area contributed by atoms with Crippen LogP contribution in [0.5, 0.6) is 0 Å². The van der Waals surface area contributed by atoms with E-state index in [0.717, 1.165) is 16.9 Å². The van der Waals surface area contributed by atoms with Gasteiger partial charge < -0.3 is 4.40 Å². The van der Waals surface area contributed by atoms with Crippen molar-refractivity contribution in [2.45, 2.75) is 13.5 Å². The SMILES string of the molecule is Cc1ccc2nc(Cn3ncc(Cl)c(Cl)c3=O)cn2c1. The van der Waals surface area contributed by atoms with E-state index in [1.807, 2.05) is 35.9 Å². The van der Waals surface area contributed by atoms with Crippen LogP contribution in [-0.2, 0) is 6.54 Å². The highest BCUT2D eigenvalue weighted by molar-refractivity contribution is 6.41. The van der Waals surface area contributed by atoms with Crippen molar-refractivity contribution in [3.05, 3.63) is 62.4 Å². The Morgan fingerprint density at radius 2 is 2.05 bits per heavy atom. The third-order valence-corrected chi connectivity index (χ3v) is 3.65. The fraction of sp³-hybridized carbons (Fsp3) is 0.154. The number of rotatable bonds is 2. The lowest BCUT2D eigenvalue weighted by Gasteiger charge is -2.02. The van der Waals surface area contributed by atoms with Crippen LogP contribution in [-0.4, -0.2) is 19.2 Å². The maximum absolute atomic E-state index is 11.9. The summed E-state index contributed by atoms with van der Waals surface area (Å²) >= 11 is 11.6. The second-order valence-electron chi connectivity index (χ2n) is 4.47. The molecule has 0 aromatic carbocycles. The molecular formula is C13H10Cl2N4O. The Balaban J connectivity index is 2.01. The zero-order chi connectivity index (χ0) is 14.3. The van der Waals surface area contributed by atoms with E-state index in [-0.39, 0.29) is 16.6 Å². The second-order valence-corrected chi connectivity index (χ2v) is 5.26. The van der Waals surface area contributed by atoms with Crippen LogP contribution >= 0.6 is 23.2 Å². The van der Waals surface area contributed by atoms with Crippen LogP contribution in [0.2, 0.25) is 10.0 Å². The summed E-state index contributed by atoms with van der Waals surface area (Å²) in [6.07, 6.45) is 5.18. The van der Waals surface area contributed by atoms with Crippen molar-refractivity contribution in [2.24, 2.45) is 0 Å². The summed E-state index contributed by atoms with van der Waals surface area (Å²) in [6.45, 7) is 2.25. The Morgan fingerprint density at radius 3 is 2.85 bits per heavy atom. The molecule has 102 valence electrons. The van der Waals surface area contributed by atoms with Gasteiger partial charge in [0, 0.05) is 12.4 Å². The van der Waals surface area contributed by atoms with E-state index in [0.29, 0.717) is 0 Å². The molecule has 3 rings (SSSR count). The van der Waals surface area contributed by atoms with Gasteiger partial charge in [0.1, 0.15) is 10.7 Å². The maximum Gasteiger partial charge on any atom is 0.287 e. The first-order valence-corrected chi connectivity index (χ1v) is 6.65. The van der Waals surface area contributed by atoms with Crippen molar-refractivity contribution in [3.8, 4) is 0 Å². The molecule has 0 fully saturated rings. The molecule has 0 saturated carbocycles. The number of hydrogen-bond acceptors (Lipinski definition) is 3. The monoisotopic (exact) mass is 308 g/mol. The second kappa shape index (κ2) is 4.92. The van der Waals surface area contributed by atoms with Gasteiger partial charge in [-0.25, -0.2) is 9.67 Å². The largest absolute Gasteiger partial charge is 0.306 e. The van der Waals surface area contributed by atoms with Crippen LogP contribution in [0.4, 0.5) is 0 Å². The van der Waals surface area contributed by atoms with Crippen LogP contribution in [0.1, 0.15) is 11.3 Å². The molecule has 0 aliphatic heterocycles. The Bertz CT molecular complexity index is 853. The Hall–Kier alpha value is -1.85. The highest BCUT2D eigenvalue weighted by Crippen LogP contribution is 2.15. The van der Waals surface area contributed by atoms with Crippen LogP contribution in [0.15, 0.2) is 35.5 Å². The number of aromatic nitrogens is 4. The first-order chi connectivity index (χ1) is 9.54. The summed E-state index contributed by atoms with van der Waals surface area (Å²) in [6, 6.07) is 3.90. The zero-order valence-electron chi connectivity index (χ0n) is 10.5. The quantitative estimate of drug-likeness (QED) is 0.731. The van der Waals surface area contributed by atoms with Crippen molar-refractivity contribution in [1.82, 2.24) is 19.2 Å². The molecule has 0 bridgehead atoms. The predicted molar refractivity (Wildman–Crippen MR) is 77.5 cm³/mol. The van der Waals surface area contributed by atoms with Crippen LogP contribution in [0.25, 0.3) is 5.65 Å². The van der Waals surface area contributed by atoms with E-state index >= 15 is 0 Å². The molecule has 20 heavy (non-hydrogen) atoms. The number of imidazole rings is 1. The molecule has 0 amide bonds. The molecule has 0 aliphatic carbocycles. The number of aryl methyl sites for hydroxylation is 1. The highest BCUT2D eigenvalue weighted by Gasteiger charge is 2.09. The van der Waals surface area contributed by atoms with Gasteiger partial charge in [0.25, 0.3) is 5.56 Å². The molecule has 3 aromatic heterocycles. The van der Waals surface area contributed by atoms with E-state index in [1.165, 1.54) is 10.9 Å². The lowest BCUT2D eigenvalue weighted by Crippen LogP contribution is -2.23. The summed E-state index contributed by atoms with van der Waals surface area (Å²) < 4.78 is 3.15. The minimum absolute atomic E-state index is 0.0266. The van der Waals surface area contributed by atoms with Gasteiger partial charge in [-0.1, -0.05) is 29.3 Å². The van der Waals surface area contributed by atoms with Crippen molar-refractivity contribution in [1.29, 1.82) is 0 Å². The molecule has 0 saturated heterocycles. The fourth-order valence-corrected chi connectivity index (χ4v) is 2.21. The molecule has 0 unspecified atom stereocenters. The fourth-order valence-electron chi connectivity index (χ4n) is 1.94. The third kappa shape index (κ3) is 2.30. The van der Waals surface area contributed by atoms with Crippen molar-refractivity contribution in [2.75, 3.05) is 0 Å². The number of halogens is 2. The van der Waals surface area contributed by atoms with Crippen molar-refractivity contribution >= 4 is 28.8 Å². The average Bonchev–Trinajstić information content (AvgIpc) is 2.81. The van der Waals surface area contributed by atoms with Crippen LogP contribution in [0, 0.1) is 6.92 Å². The van der Waals surface area contributed by atoms with Gasteiger partial charge in [0.05, 0.1) is 23.5 Å². The van der Waals surface area contributed by atoms with Crippen LogP contribution < -0.4 is 5.56 Å². The first-order valence-electron chi connectivity index (χ1n) is 5.90. The molecule has 3 heterocycles. The summed E-state index contributed by atoms with van der Waals surface area (Å²) in [7, 11) is 0. The molecular weight excluding hydrogens is 299 g/mol. The predicted octanol–water partition coefficient (Wildman–Crippen LogP) is 2.55. The Kier molecular flexibility index (Phi) is 3.23. The van der Waals surface area contributed by atoms with E-state index in [9.17, 15) is 4.79 Å². The summed E-state index contributed by atoms with van der Waals surface area (Å²) in [4.78, 5) is 16.3. The van der Waals surface area contributed by atoms with E-state index in [1.54, 1.807) is 0 Å². The number of fused-ring (bicyclic) bond motifs is 1. The molecule has 0 aliphatic rings. The van der Waals surface area contributed by atoms with E-state index < -0.39 is 5.56 Å². The van der Waals surface area contributed by atoms with Crippen LogP contribution in [0.3, 0.4) is 0 Å². The molecule has 5 nitrogen and oxygen atoms in total. The van der Waals surface area contributed by atoms with Crippen molar-refractivity contribution in [3.63, 3.8) is 0 Å². The maximum atomic E-state index is 11.9. The molecule has 7 heteroatoms. The van der Waals surface area contributed by atoms with Gasteiger partial charge in [-0.05, 0) is 18.6 Å². The molecule has 0 atom stereocenters. The topological polar surface area (TPSA) is 52.2 Å². The van der Waals surface area contributed by atoms with Gasteiger partial charge in [-0.2, -0.15) is 5.10 Å². The highest BCUT2D eigenvalue weighted by atomic mass is 35.5. The minimum atomic E-state index is -0.424. The Labute approximate surface area is 124 Å². The van der Waals surface area contributed by atoms with E-state index in [4.69, 9.17) is 23.2 Å². The summed E-state index contributed by atoms with van der Waals surface area (Å²) in [5.41, 5.74) is 2.25. The molecule has 3 aromatic rings. The lowest BCUT2D eigenvalue weighted by atomic mass is 10.3. The number of nitrogens with zero attached hydrogens (tertiary/aromatic N) is 4. The smallest absolute Gasteiger partial charge is 0.287 e. The summed E-state index contributed by atoms with van der Waals surface area (Å²) in [5.74, 6) is 0. The van der Waals surface area contributed by atoms with Crippen molar-refractivity contribution < 1.29 is 0 Å². The van der Waals surface area contributed by atoms with Gasteiger partial charge in [0.15, 0.2) is 0 Å². The third-order valence-electron chi connectivity index (χ3n) is 2.90. The number of hydrogen-bond donors (Lipinski definition) is 0. The van der Waals surface area contributed by atoms with E-state index in [2.05, 4.69) is 10.1 Å². The molecule has 0 spiro atoms. The number of pyridine rings is 1. The van der Waals surface area contributed by atoms with Gasteiger partial charge >= 0.3 is 0 Å².